The molecule has 3 rings (SSSR count). The van der Waals surface area contributed by atoms with Crippen LogP contribution in [0.15, 0.2) is 17.3 Å². The van der Waals surface area contributed by atoms with Gasteiger partial charge in [-0.1, -0.05) is 0 Å². The molecule has 0 amide bonds. The van der Waals surface area contributed by atoms with Crippen molar-refractivity contribution in [2.24, 2.45) is 0 Å². The van der Waals surface area contributed by atoms with E-state index in [-0.39, 0.29) is 24.4 Å². The highest BCUT2D eigenvalue weighted by molar-refractivity contribution is 5.98. The maximum atomic E-state index is 11.6. The fourth-order valence-corrected chi connectivity index (χ4v) is 2.75. The van der Waals surface area contributed by atoms with Gasteiger partial charge in [0.2, 0.25) is 0 Å². The first-order valence-corrected chi connectivity index (χ1v) is 6.76. The van der Waals surface area contributed by atoms with Gasteiger partial charge in [0.1, 0.15) is 15.9 Å². The summed E-state index contributed by atoms with van der Waals surface area (Å²) in [5, 5.41) is 13.8. The van der Waals surface area contributed by atoms with Crippen molar-refractivity contribution < 1.29 is 14.3 Å². The van der Waals surface area contributed by atoms with E-state index in [1.807, 2.05) is 0 Å². The highest BCUT2D eigenvalue weighted by Gasteiger charge is 2.37. The van der Waals surface area contributed by atoms with Crippen LogP contribution in [0.5, 0.6) is 0 Å². The maximum Gasteiger partial charge on any atom is 0.261 e. The molecule has 8 nitrogen and oxygen atoms in total. The summed E-state index contributed by atoms with van der Waals surface area (Å²) in [7, 11) is 0.561. The molecule has 0 spiro atoms. The maximum absolute atomic E-state index is 11.6. The lowest BCUT2D eigenvalue weighted by Crippen LogP contribution is -2.23. The third-order valence-corrected chi connectivity index (χ3v) is 3.89. The van der Waals surface area contributed by atoms with Crippen LogP contribution in [0.3, 0.4) is 0 Å². The Bertz CT molecular complexity index is 642. The molecule has 1 fully saturated rings. The van der Waals surface area contributed by atoms with Gasteiger partial charge in [0.05, 0.1) is 31.3 Å². The zero-order chi connectivity index (χ0) is 13.4. The standard InChI is InChI=1S/C10H14N4O4Si/c15-3-5-1-7(18-19)10(17-5)14-8-6(2-13-14)9(16)12-4-11-8/h2,4-5,7,10,15H,1,3H2,19H3,(H,11,12,16)/t5-,7+,10+/m0/s1. The third-order valence-electron chi connectivity index (χ3n) is 3.29. The first-order chi connectivity index (χ1) is 9.24. The van der Waals surface area contributed by atoms with Gasteiger partial charge in [-0.15, -0.1) is 0 Å². The predicted octanol–water partition coefficient (Wildman–Crippen LogP) is -1.94. The van der Waals surface area contributed by atoms with Crippen molar-refractivity contribution >= 4 is 21.5 Å². The minimum absolute atomic E-state index is 0.0644. The van der Waals surface area contributed by atoms with Crippen LogP contribution in [0.25, 0.3) is 11.0 Å². The topological polar surface area (TPSA) is 102 Å². The van der Waals surface area contributed by atoms with E-state index in [0.717, 1.165) is 0 Å². The van der Waals surface area contributed by atoms with Gasteiger partial charge < -0.3 is 19.3 Å². The number of fused-ring (bicyclic) bond motifs is 1. The van der Waals surface area contributed by atoms with Crippen molar-refractivity contribution in [1.82, 2.24) is 19.7 Å². The Kier molecular flexibility index (Phi) is 3.19. The van der Waals surface area contributed by atoms with Crippen molar-refractivity contribution in [1.29, 1.82) is 0 Å². The van der Waals surface area contributed by atoms with Crippen molar-refractivity contribution in [3.8, 4) is 0 Å². The molecular weight excluding hydrogens is 268 g/mol. The highest BCUT2D eigenvalue weighted by Crippen LogP contribution is 2.31. The van der Waals surface area contributed by atoms with Crippen molar-refractivity contribution in [3.05, 3.63) is 22.9 Å². The van der Waals surface area contributed by atoms with E-state index < -0.39 is 6.23 Å². The summed E-state index contributed by atoms with van der Waals surface area (Å²) < 4.78 is 12.7. The van der Waals surface area contributed by atoms with E-state index in [4.69, 9.17) is 9.16 Å². The number of aromatic amines is 1. The highest BCUT2D eigenvalue weighted by atomic mass is 28.2. The number of nitrogens with one attached hydrogen (secondary N) is 1. The summed E-state index contributed by atoms with van der Waals surface area (Å²) in [4.78, 5) is 18.2. The molecule has 0 aliphatic carbocycles. The molecule has 1 saturated heterocycles. The molecule has 0 radical (unpaired) electrons. The Labute approximate surface area is 110 Å². The van der Waals surface area contributed by atoms with E-state index in [9.17, 15) is 9.90 Å². The quantitative estimate of drug-likeness (QED) is 0.635. The van der Waals surface area contributed by atoms with Crippen LogP contribution in [-0.2, 0) is 9.16 Å². The average Bonchev–Trinajstić information content (AvgIpc) is 3.02. The first kappa shape index (κ1) is 12.5. The van der Waals surface area contributed by atoms with Gasteiger partial charge >= 0.3 is 0 Å². The number of H-pyrrole nitrogens is 1. The van der Waals surface area contributed by atoms with Crippen LogP contribution in [0.4, 0.5) is 0 Å². The molecule has 0 aromatic carbocycles. The van der Waals surface area contributed by atoms with Crippen LogP contribution in [0.1, 0.15) is 12.6 Å². The summed E-state index contributed by atoms with van der Waals surface area (Å²) in [5.41, 5.74) is 0.215. The zero-order valence-corrected chi connectivity index (χ0v) is 12.3. The Balaban J connectivity index is 2.04. The van der Waals surface area contributed by atoms with E-state index in [2.05, 4.69) is 15.1 Å². The van der Waals surface area contributed by atoms with Crippen LogP contribution < -0.4 is 5.56 Å². The van der Waals surface area contributed by atoms with Gasteiger partial charge in [0.25, 0.3) is 5.56 Å². The van der Waals surface area contributed by atoms with Crippen molar-refractivity contribution in [2.45, 2.75) is 24.9 Å². The molecule has 2 aromatic rings. The Hall–Kier alpha value is -1.55. The fourth-order valence-electron chi connectivity index (χ4n) is 2.32. The molecule has 2 aromatic heterocycles. The normalized spacial score (nSPS) is 27.3. The molecule has 1 aliphatic rings. The predicted molar refractivity (Wildman–Crippen MR) is 68.6 cm³/mol. The number of aromatic nitrogens is 4. The molecule has 9 heteroatoms. The summed E-state index contributed by atoms with van der Waals surface area (Å²) in [6.45, 7) is -0.0644. The molecule has 19 heavy (non-hydrogen) atoms. The molecule has 1 aliphatic heterocycles. The smallest absolute Gasteiger partial charge is 0.261 e. The number of hydrogen-bond donors (Lipinski definition) is 2. The van der Waals surface area contributed by atoms with E-state index >= 15 is 0 Å². The Morgan fingerprint density at radius 3 is 3.26 bits per heavy atom. The van der Waals surface area contributed by atoms with Gasteiger partial charge in [0.15, 0.2) is 11.9 Å². The van der Waals surface area contributed by atoms with E-state index in [0.29, 0.717) is 27.9 Å². The Morgan fingerprint density at radius 1 is 1.68 bits per heavy atom. The summed E-state index contributed by atoms with van der Waals surface area (Å²) in [5.74, 6) is 0. The van der Waals surface area contributed by atoms with Gasteiger partial charge in [-0.05, 0) is 0 Å². The second-order valence-corrected chi connectivity index (χ2v) is 4.87. The lowest BCUT2D eigenvalue weighted by Gasteiger charge is -2.18. The monoisotopic (exact) mass is 282 g/mol. The molecule has 2 N–H and O–H groups in total. The van der Waals surface area contributed by atoms with Crippen LogP contribution in [0.2, 0.25) is 0 Å². The Morgan fingerprint density at radius 2 is 2.53 bits per heavy atom. The number of nitrogens with zero attached hydrogens (tertiary/aromatic N) is 3. The fraction of sp³-hybridized carbons (Fsp3) is 0.500. The largest absolute Gasteiger partial charge is 0.420 e. The number of hydrogen-bond acceptors (Lipinski definition) is 6. The average molecular weight is 282 g/mol. The first-order valence-electron chi connectivity index (χ1n) is 5.94. The molecule has 3 heterocycles. The molecule has 0 unspecified atom stereocenters. The van der Waals surface area contributed by atoms with Crippen molar-refractivity contribution in [2.75, 3.05) is 6.61 Å². The van der Waals surface area contributed by atoms with Gasteiger partial charge in [-0.2, -0.15) is 5.10 Å². The van der Waals surface area contributed by atoms with Gasteiger partial charge in [-0.3, -0.25) is 4.79 Å². The minimum atomic E-state index is -0.457. The number of aliphatic hydroxyl groups excluding tert-OH is 1. The molecular formula is C10H14N4O4Si. The summed E-state index contributed by atoms with van der Waals surface area (Å²) in [6.07, 6.45) is 2.49. The minimum Gasteiger partial charge on any atom is -0.420 e. The number of ether oxygens (including phenoxy) is 1. The third kappa shape index (κ3) is 2.00. The van der Waals surface area contributed by atoms with Crippen molar-refractivity contribution in [3.63, 3.8) is 0 Å². The number of aliphatic hydroxyl groups is 1. The summed E-state index contributed by atoms with van der Waals surface area (Å²) in [6, 6.07) is 0. The molecule has 3 atom stereocenters. The second kappa shape index (κ2) is 4.85. The molecule has 0 saturated carbocycles. The van der Waals surface area contributed by atoms with E-state index in [1.54, 1.807) is 4.68 Å². The summed E-state index contributed by atoms with van der Waals surface area (Å²) >= 11 is 0. The lowest BCUT2D eigenvalue weighted by molar-refractivity contribution is -0.0488. The van der Waals surface area contributed by atoms with Crippen LogP contribution in [-0.4, -0.2) is 54.2 Å². The number of rotatable bonds is 3. The SMILES string of the molecule is O=c1[nH]cnc2c1cnn2[C@@H]1O[C@H](CO)C[C@H]1O[SiH3]. The van der Waals surface area contributed by atoms with Gasteiger partial charge in [0, 0.05) is 6.42 Å². The zero-order valence-electron chi connectivity index (χ0n) is 10.3. The lowest BCUT2D eigenvalue weighted by atomic mass is 10.2. The van der Waals surface area contributed by atoms with Crippen LogP contribution in [0, 0.1) is 0 Å². The second-order valence-electron chi connectivity index (χ2n) is 4.40. The van der Waals surface area contributed by atoms with Crippen LogP contribution >= 0.6 is 0 Å². The van der Waals surface area contributed by atoms with E-state index in [1.165, 1.54) is 12.5 Å². The van der Waals surface area contributed by atoms with Gasteiger partial charge in [-0.25, -0.2) is 9.67 Å². The molecule has 0 bridgehead atoms. The molecule has 102 valence electrons.